The summed E-state index contributed by atoms with van der Waals surface area (Å²) in [5.41, 5.74) is 0.307. The first-order chi connectivity index (χ1) is 9.61. The highest BCUT2D eigenvalue weighted by Crippen LogP contribution is 2.45. The van der Waals surface area contributed by atoms with Crippen molar-refractivity contribution < 1.29 is 19.1 Å². The van der Waals surface area contributed by atoms with Crippen molar-refractivity contribution in [1.29, 1.82) is 0 Å². The molecule has 0 atom stereocenters. The molecule has 21 heavy (non-hydrogen) atoms. The average molecular weight is 514 g/mol. The summed E-state index contributed by atoms with van der Waals surface area (Å²) in [6.45, 7) is 5.68. The van der Waals surface area contributed by atoms with Gasteiger partial charge >= 0.3 is 11.9 Å². The van der Waals surface area contributed by atoms with E-state index in [1.807, 2.05) is 26.8 Å². The number of aryl methyl sites for hydroxylation is 1. The molecule has 0 bridgehead atoms. The summed E-state index contributed by atoms with van der Waals surface area (Å²) in [6.07, 6.45) is 1.05. The first-order valence-corrected chi connectivity index (χ1v) is 8.71. The van der Waals surface area contributed by atoms with Crippen LogP contribution in [0.3, 0.4) is 0 Å². The van der Waals surface area contributed by atoms with E-state index < -0.39 is 5.41 Å². The van der Waals surface area contributed by atoms with Crippen molar-refractivity contribution in [2.75, 3.05) is 0 Å². The molecule has 0 aliphatic carbocycles. The number of hydrogen-bond donors (Lipinski definition) is 0. The summed E-state index contributed by atoms with van der Waals surface area (Å²) in [6, 6.07) is 5.19. The van der Waals surface area contributed by atoms with Crippen molar-refractivity contribution in [2.24, 2.45) is 5.41 Å². The highest BCUT2D eigenvalue weighted by molar-refractivity contribution is 14.2. The van der Waals surface area contributed by atoms with Crippen LogP contribution >= 0.6 is 45.2 Å². The second kappa shape index (κ2) is 6.02. The minimum Gasteiger partial charge on any atom is -0.426 e. The largest absolute Gasteiger partial charge is 0.426 e. The maximum Gasteiger partial charge on any atom is 0.319 e. The highest BCUT2D eigenvalue weighted by Gasteiger charge is 2.44. The number of carbonyl (C=O) groups excluding carboxylic acids is 2. The Balaban J connectivity index is 2.19. The predicted molar refractivity (Wildman–Crippen MR) is 96.3 cm³/mol. The molecule has 0 aromatic heterocycles. The number of carbonyl (C=O) groups is 2. The molecule has 1 aliphatic rings. The SMILES string of the molecule is CC(I)(I)C(C)(C)C(=O)Oc1ccc2c(c1)OC(=O)CC2. The van der Waals surface area contributed by atoms with Crippen LogP contribution in [-0.2, 0) is 16.0 Å². The topological polar surface area (TPSA) is 52.6 Å². The highest BCUT2D eigenvalue weighted by atomic mass is 127. The van der Waals surface area contributed by atoms with Crippen LogP contribution in [0.1, 0.15) is 32.8 Å². The lowest BCUT2D eigenvalue weighted by Crippen LogP contribution is -2.41. The predicted octanol–water partition coefficient (Wildman–Crippen LogP) is 4.06. The number of ether oxygens (including phenoxy) is 2. The second-order valence-electron chi connectivity index (χ2n) is 5.65. The van der Waals surface area contributed by atoms with Gasteiger partial charge in [0.15, 0.2) is 0 Å². The summed E-state index contributed by atoms with van der Waals surface area (Å²) in [5.74, 6) is 0.328. The van der Waals surface area contributed by atoms with E-state index in [1.165, 1.54) is 0 Å². The fraction of sp³-hybridized carbons (Fsp3) is 0.467. The van der Waals surface area contributed by atoms with Gasteiger partial charge in [0.2, 0.25) is 0 Å². The minimum atomic E-state index is -0.652. The first-order valence-electron chi connectivity index (χ1n) is 6.55. The van der Waals surface area contributed by atoms with Crippen LogP contribution in [0.15, 0.2) is 18.2 Å². The number of esters is 2. The van der Waals surface area contributed by atoms with Gasteiger partial charge in [0.25, 0.3) is 0 Å². The van der Waals surface area contributed by atoms with Gasteiger partial charge in [-0.2, -0.15) is 0 Å². The Morgan fingerprint density at radius 1 is 1.24 bits per heavy atom. The van der Waals surface area contributed by atoms with Crippen LogP contribution in [0.25, 0.3) is 0 Å². The molecule has 0 amide bonds. The van der Waals surface area contributed by atoms with E-state index in [0.717, 1.165) is 5.56 Å². The molecule has 0 saturated carbocycles. The van der Waals surface area contributed by atoms with Crippen molar-refractivity contribution in [3.05, 3.63) is 23.8 Å². The molecule has 1 aromatic rings. The van der Waals surface area contributed by atoms with Gasteiger partial charge in [-0.1, -0.05) is 51.2 Å². The van der Waals surface area contributed by atoms with Crippen molar-refractivity contribution in [3.8, 4) is 11.5 Å². The minimum absolute atomic E-state index is 0.251. The molecule has 4 nitrogen and oxygen atoms in total. The molecule has 0 fully saturated rings. The van der Waals surface area contributed by atoms with Crippen LogP contribution in [-0.4, -0.2) is 13.4 Å². The molecule has 0 N–H and O–H groups in total. The lowest BCUT2D eigenvalue weighted by molar-refractivity contribution is -0.143. The Hall–Kier alpha value is -0.380. The van der Waals surface area contributed by atoms with Gasteiger partial charge in [-0.3, -0.25) is 9.59 Å². The molecular weight excluding hydrogens is 498 g/mol. The van der Waals surface area contributed by atoms with E-state index in [2.05, 4.69) is 45.2 Å². The van der Waals surface area contributed by atoms with Gasteiger partial charge in [0.05, 0.1) is 13.3 Å². The monoisotopic (exact) mass is 514 g/mol. The number of rotatable bonds is 3. The molecule has 114 valence electrons. The van der Waals surface area contributed by atoms with Crippen molar-refractivity contribution in [1.82, 2.24) is 0 Å². The fourth-order valence-corrected chi connectivity index (χ4v) is 2.16. The van der Waals surface area contributed by atoms with E-state index >= 15 is 0 Å². The third-order valence-electron chi connectivity index (χ3n) is 3.68. The van der Waals surface area contributed by atoms with Gasteiger partial charge in [0.1, 0.15) is 11.5 Å². The molecule has 0 unspecified atom stereocenters. The van der Waals surface area contributed by atoms with Gasteiger partial charge in [0, 0.05) is 6.07 Å². The van der Waals surface area contributed by atoms with E-state index in [9.17, 15) is 9.59 Å². The van der Waals surface area contributed by atoms with Gasteiger partial charge in [-0.25, -0.2) is 0 Å². The number of halogens is 2. The lowest BCUT2D eigenvalue weighted by atomic mass is 9.90. The van der Waals surface area contributed by atoms with E-state index in [1.54, 1.807) is 12.1 Å². The fourth-order valence-electron chi connectivity index (χ4n) is 1.72. The Morgan fingerprint density at radius 3 is 2.52 bits per heavy atom. The third-order valence-corrected chi connectivity index (χ3v) is 6.38. The third kappa shape index (κ3) is 3.69. The Labute approximate surface area is 151 Å². The van der Waals surface area contributed by atoms with E-state index in [0.29, 0.717) is 24.3 Å². The molecule has 0 spiro atoms. The Morgan fingerprint density at radius 2 is 1.90 bits per heavy atom. The number of benzene rings is 1. The zero-order valence-electron chi connectivity index (χ0n) is 12.0. The van der Waals surface area contributed by atoms with Crippen molar-refractivity contribution in [2.45, 2.75) is 35.0 Å². The summed E-state index contributed by atoms with van der Waals surface area (Å²) in [5, 5.41) is 0. The van der Waals surface area contributed by atoms with Gasteiger partial charge in [-0.15, -0.1) is 0 Å². The maximum absolute atomic E-state index is 12.4. The van der Waals surface area contributed by atoms with Crippen LogP contribution in [0.4, 0.5) is 0 Å². The molecule has 2 rings (SSSR count). The van der Waals surface area contributed by atoms with Crippen LogP contribution in [0.5, 0.6) is 11.5 Å². The quantitative estimate of drug-likeness (QED) is 0.265. The van der Waals surface area contributed by atoms with Crippen LogP contribution in [0.2, 0.25) is 0 Å². The normalized spacial score (nSPS) is 15.2. The molecule has 1 heterocycles. The number of hydrogen-bond acceptors (Lipinski definition) is 4. The zero-order chi connectivity index (χ0) is 15.8. The first kappa shape index (κ1) is 17.0. The Kier molecular flexibility index (Phi) is 4.87. The van der Waals surface area contributed by atoms with E-state index in [4.69, 9.17) is 9.47 Å². The number of fused-ring (bicyclic) bond motifs is 1. The summed E-state index contributed by atoms with van der Waals surface area (Å²) in [4.78, 5) is 23.7. The molecule has 1 aliphatic heterocycles. The molecule has 1 aromatic carbocycles. The molecular formula is C15H16I2O4. The van der Waals surface area contributed by atoms with Crippen molar-refractivity contribution in [3.63, 3.8) is 0 Å². The average Bonchev–Trinajstić information content (AvgIpc) is 2.36. The van der Waals surface area contributed by atoms with Crippen LogP contribution in [0, 0.1) is 5.41 Å². The summed E-state index contributed by atoms with van der Waals surface area (Å²) < 4.78 is 10.4. The molecule has 6 heteroatoms. The number of alkyl halides is 2. The van der Waals surface area contributed by atoms with E-state index in [-0.39, 0.29) is 13.4 Å². The Bertz CT molecular complexity index is 588. The molecule has 0 radical (unpaired) electrons. The molecule has 0 saturated heterocycles. The second-order valence-corrected chi connectivity index (χ2v) is 12.0. The lowest BCUT2D eigenvalue weighted by Gasteiger charge is -2.32. The van der Waals surface area contributed by atoms with Crippen molar-refractivity contribution >= 4 is 57.1 Å². The zero-order valence-corrected chi connectivity index (χ0v) is 16.4. The summed E-state index contributed by atoms with van der Waals surface area (Å²) >= 11 is 4.46. The maximum atomic E-state index is 12.4. The smallest absolute Gasteiger partial charge is 0.319 e. The van der Waals surface area contributed by atoms with Gasteiger partial charge in [-0.05, 0) is 38.8 Å². The standard InChI is InChI=1S/C15H16I2O4/c1-14(2,15(3,16)17)13(19)20-10-6-4-9-5-7-12(18)21-11(9)8-10/h4,6,8H,5,7H2,1-3H3. The van der Waals surface area contributed by atoms with Crippen LogP contribution < -0.4 is 9.47 Å². The van der Waals surface area contributed by atoms with Gasteiger partial charge < -0.3 is 9.47 Å². The summed E-state index contributed by atoms with van der Waals surface area (Å²) in [7, 11) is 0.